The van der Waals surface area contributed by atoms with Gasteiger partial charge in [-0.05, 0) is 43.7 Å². The van der Waals surface area contributed by atoms with Gasteiger partial charge in [-0.15, -0.1) is 0 Å². The van der Waals surface area contributed by atoms with E-state index in [0.717, 1.165) is 13.1 Å². The standard InChI is InChI=1S/C21H21N2S.HI/c1-3-22-14-13-16(17-9-5-6-10-18(17)22)15-21-23(4-2)19-11-7-8-12-20(19)24-21;/h5-15H,3-4H2,1-2H3;1H/q+1;/p-1. The van der Waals surface area contributed by atoms with E-state index in [9.17, 15) is 0 Å². The van der Waals surface area contributed by atoms with Crippen molar-refractivity contribution in [2.75, 3.05) is 11.4 Å². The van der Waals surface area contributed by atoms with Gasteiger partial charge in [-0.3, -0.25) is 0 Å². The highest BCUT2D eigenvalue weighted by Gasteiger charge is 2.23. The number of halogens is 1. The number of rotatable bonds is 3. The molecule has 0 spiro atoms. The number of hydrogen-bond donors (Lipinski definition) is 0. The Morgan fingerprint density at radius 2 is 1.76 bits per heavy atom. The Morgan fingerprint density at radius 1 is 1.00 bits per heavy atom. The zero-order valence-electron chi connectivity index (χ0n) is 14.4. The fraction of sp³-hybridized carbons (Fsp3) is 0.190. The van der Waals surface area contributed by atoms with Gasteiger partial charge in [-0.25, -0.2) is 0 Å². The van der Waals surface area contributed by atoms with E-state index in [4.69, 9.17) is 0 Å². The number of thioether (sulfide) groups is 1. The summed E-state index contributed by atoms with van der Waals surface area (Å²) in [5, 5.41) is 2.61. The molecule has 2 heterocycles. The van der Waals surface area contributed by atoms with Gasteiger partial charge in [0, 0.05) is 23.6 Å². The van der Waals surface area contributed by atoms with Crippen LogP contribution in [0.1, 0.15) is 19.4 Å². The molecule has 128 valence electrons. The van der Waals surface area contributed by atoms with Crippen LogP contribution in [0.3, 0.4) is 0 Å². The van der Waals surface area contributed by atoms with Crippen LogP contribution in [0.4, 0.5) is 5.69 Å². The fourth-order valence-electron chi connectivity index (χ4n) is 3.33. The highest BCUT2D eigenvalue weighted by atomic mass is 127. The van der Waals surface area contributed by atoms with E-state index in [1.807, 2.05) is 11.8 Å². The maximum absolute atomic E-state index is 2.40. The Hall–Kier alpha value is -1.53. The molecule has 0 fully saturated rings. The van der Waals surface area contributed by atoms with Gasteiger partial charge in [-0.1, -0.05) is 36.0 Å². The second-order valence-electron chi connectivity index (χ2n) is 5.87. The van der Waals surface area contributed by atoms with Crippen LogP contribution in [0.15, 0.2) is 70.7 Å². The molecule has 4 heteroatoms. The van der Waals surface area contributed by atoms with Crippen LogP contribution < -0.4 is 33.4 Å². The zero-order valence-corrected chi connectivity index (χ0v) is 17.4. The number of fused-ring (bicyclic) bond motifs is 2. The number of aryl methyl sites for hydroxylation is 1. The third kappa shape index (κ3) is 3.29. The lowest BCUT2D eigenvalue weighted by Gasteiger charge is -2.18. The van der Waals surface area contributed by atoms with Crippen LogP contribution in [0, 0.1) is 0 Å². The summed E-state index contributed by atoms with van der Waals surface area (Å²) in [4.78, 5) is 3.74. The summed E-state index contributed by atoms with van der Waals surface area (Å²) in [5.74, 6) is 0. The molecule has 0 saturated carbocycles. The lowest BCUT2D eigenvalue weighted by molar-refractivity contribution is -0.667. The van der Waals surface area contributed by atoms with Crippen molar-refractivity contribution in [3.8, 4) is 0 Å². The number of anilines is 1. The van der Waals surface area contributed by atoms with Gasteiger partial charge in [0.05, 0.1) is 16.1 Å². The van der Waals surface area contributed by atoms with E-state index in [1.54, 1.807) is 0 Å². The molecule has 1 aliphatic heterocycles. The fourth-order valence-corrected chi connectivity index (χ4v) is 4.51. The molecule has 3 aromatic rings. The van der Waals surface area contributed by atoms with E-state index in [1.165, 1.54) is 32.1 Å². The molecule has 0 atom stereocenters. The van der Waals surface area contributed by atoms with Crippen LogP contribution in [0.25, 0.3) is 17.0 Å². The third-order valence-electron chi connectivity index (χ3n) is 4.53. The SMILES string of the molecule is CCN1/C(=C/c2cc[n+](CC)c3ccccc23)Sc2ccccc21.[I-]. The smallest absolute Gasteiger partial charge is 0.213 e. The first-order valence-electron chi connectivity index (χ1n) is 8.49. The molecule has 0 amide bonds. The average molecular weight is 460 g/mol. The van der Waals surface area contributed by atoms with Crippen LogP contribution in [-0.4, -0.2) is 6.54 Å². The van der Waals surface area contributed by atoms with E-state index < -0.39 is 0 Å². The summed E-state index contributed by atoms with van der Waals surface area (Å²) in [6, 6.07) is 19.5. The molecule has 25 heavy (non-hydrogen) atoms. The number of para-hydroxylation sites is 2. The highest BCUT2D eigenvalue weighted by molar-refractivity contribution is 8.03. The first kappa shape index (κ1) is 18.3. The Kier molecular flexibility index (Phi) is 5.69. The molecule has 4 rings (SSSR count). The quantitative estimate of drug-likeness (QED) is 0.437. The Morgan fingerprint density at radius 3 is 2.56 bits per heavy atom. The van der Waals surface area contributed by atoms with Crippen molar-refractivity contribution in [1.29, 1.82) is 0 Å². The van der Waals surface area contributed by atoms with Gasteiger partial charge < -0.3 is 28.9 Å². The lowest BCUT2D eigenvalue weighted by Crippen LogP contribution is -3.00. The van der Waals surface area contributed by atoms with Crippen LogP contribution in [-0.2, 0) is 6.54 Å². The lowest BCUT2D eigenvalue weighted by atomic mass is 10.1. The summed E-state index contributed by atoms with van der Waals surface area (Å²) in [5.41, 5.74) is 3.89. The van der Waals surface area contributed by atoms with Gasteiger partial charge in [0.25, 0.3) is 0 Å². The summed E-state index contributed by atoms with van der Waals surface area (Å²) >= 11 is 1.86. The summed E-state index contributed by atoms with van der Waals surface area (Å²) < 4.78 is 2.30. The van der Waals surface area contributed by atoms with Crippen LogP contribution >= 0.6 is 11.8 Å². The van der Waals surface area contributed by atoms with Crippen molar-refractivity contribution < 1.29 is 28.5 Å². The van der Waals surface area contributed by atoms with Gasteiger partial charge >= 0.3 is 0 Å². The van der Waals surface area contributed by atoms with E-state index >= 15 is 0 Å². The minimum absolute atomic E-state index is 0. The predicted octanol–water partition coefficient (Wildman–Crippen LogP) is 2.08. The molecule has 0 aliphatic carbocycles. The Labute approximate surface area is 170 Å². The Balaban J connectivity index is 0.00000182. The van der Waals surface area contributed by atoms with Gasteiger partial charge in [0.1, 0.15) is 6.54 Å². The normalized spacial score (nSPS) is 14.6. The molecule has 1 aromatic heterocycles. The minimum Gasteiger partial charge on any atom is -1.00 e. The molecule has 0 bridgehead atoms. The van der Waals surface area contributed by atoms with Gasteiger partial charge in [0.15, 0.2) is 6.20 Å². The maximum Gasteiger partial charge on any atom is 0.213 e. The second-order valence-corrected chi connectivity index (χ2v) is 6.93. The molecular weight excluding hydrogens is 439 g/mol. The van der Waals surface area contributed by atoms with E-state index in [0.29, 0.717) is 0 Å². The first-order valence-corrected chi connectivity index (χ1v) is 9.30. The monoisotopic (exact) mass is 460 g/mol. The third-order valence-corrected chi connectivity index (χ3v) is 5.64. The second kappa shape index (κ2) is 7.79. The van der Waals surface area contributed by atoms with Gasteiger partial charge in [-0.2, -0.15) is 4.57 Å². The molecule has 0 radical (unpaired) electrons. The molecule has 1 aliphatic rings. The van der Waals surface area contributed by atoms with Crippen molar-refractivity contribution >= 4 is 34.4 Å². The number of hydrogen-bond acceptors (Lipinski definition) is 2. The van der Waals surface area contributed by atoms with Crippen molar-refractivity contribution in [2.24, 2.45) is 0 Å². The van der Waals surface area contributed by atoms with E-state index in [2.05, 4.69) is 90.2 Å². The maximum atomic E-state index is 2.40. The number of nitrogens with zero attached hydrogens (tertiary/aromatic N) is 2. The van der Waals surface area contributed by atoms with Gasteiger partial charge in [0.2, 0.25) is 5.52 Å². The first-order chi connectivity index (χ1) is 11.8. The summed E-state index contributed by atoms with van der Waals surface area (Å²) in [7, 11) is 0. The molecule has 2 nitrogen and oxygen atoms in total. The van der Waals surface area contributed by atoms with Crippen LogP contribution in [0.5, 0.6) is 0 Å². The summed E-state index contributed by atoms with van der Waals surface area (Å²) in [6.07, 6.45) is 4.52. The molecule has 2 aromatic carbocycles. The summed E-state index contributed by atoms with van der Waals surface area (Å²) in [6.45, 7) is 6.37. The number of pyridine rings is 1. The van der Waals surface area contributed by atoms with Crippen molar-refractivity contribution in [1.82, 2.24) is 0 Å². The predicted molar refractivity (Wildman–Crippen MR) is 103 cm³/mol. The van der Waals surface area contributed by atoms with Crippen molar-refractivity contribution in [2.45, 2.75) is 25.3 Å². The zero-order chi connectivity index (χ0) is 16.5. The largest absolute Gasteiger partial charge is 1.00 e. The molecule has 0 N–H and O–H groups in total. The number of aromatic nitrogens is 1. The molecular formula is C21H21IN2S. The van der Waals surface area contributed by atoms with Crippen LogP contribution in [0.2, 0.25) is 0 Å². The molecule has 0 saturated heterocycles. The Bertz CT molecular complexity index is 936. The highest BCUT2D eigenvalue weighted by Crippen LogP contribution is 2.46. The topological polar surface area (TPSA) is 7.12 Å². The van der Waals surface area contributed by atoms with Crippen molar-refractivity contribution in [3.63, 3.8) is 0 Å². The van der Waals surface area contributed by atoms with Crippen molar-refractivity contribution in [3.05, 3.63) is 71.4 Å². The minimum atomic E-state index is 0. The molecule has 0 unspecified atom stereocenters. The van der Waals surface area contributed by atoms with E-state index in [-0.39, 0.29) is 24.0 Å². The average Bonchev–Trinajstić information content (AvgIpc) is 2.99. The number of benzene rings is 2.